The minimum Gasteiger partial charge on any atom is -0.481 e. The highest BCUT2D eigenvalue weighted by Gasteiger charge is 2.33. The number of carbonyl (C=O) groups is 1. The van der Waals surface area contributed by atoms with Gasteiger partial charge in [-0.05, 0) is 43.9 Å². The molecule has 35 heavy (non-hydrogen) atoms. The number of halogens is 1. The number of carboxylic acids is 1. The number of carboxylic acid groups (broad SMARTS) is 1. The zero-order valence-corrected chi connectivity index (χ0v) is 21.8. The summed E-state index contributed by atoms with van der Waals surface area (Å²) in [4.78, 5) is 18.2. The number of thiophene rings is 1. The van der Waals surface area contributed by atoms with Gasteiger partial charge in [-0.2, -0.15) is 0 Å². The van der Waals surface area contributed by atoms with Crippen LogP contribution in [0, 0.1) is 19.8 Å². The Kier molecular flexibility index (Phi) is 7.07. The molecule has 0 radical (unpaired) electrons. The summed E-state index contributed by atoms with van der Waals surface area (Å²) in [5.41, 5.74) is 4.21. The van der Waals surface area contributed by atoms with Crippen LogP contribution in [0.1, 0.15) is 90.6 Å². The lowest BCUT2D eigenvalue weighted by molar-refractivity contribution is -0.137. The van der Waals surface area contributed by atoms with E-state index in [9.17, 15) is 9.90 Å². The number of benzene rings is 1. The highest BCUT2D eigenvalue weighted by Crippen LogP contribution is 2.41. The largest absolute Gasteiger partial charge is 0.481 e. The van der Waals surface area contributed by atoms with E-state index in [0.717, 1.165) is 34.1 Å². The Morgan fingerprint density at radius 2 is 1.77 bits per heavy atom. The number of hydrogen-bond donors (Lipinski definition) is 1. The number of aliphatic imine (C=N–C) groups is 1. The molecule has 3 heterocycles. The van der Waals surface area contributed by atoms with Crippen molar-refractivity contribution in [2.24, 2.45) is 10.9 Å². The fraction of sp³-hybridized carbons (Fsp3) is 0.481. The number of nitrogens with zero attached hydrogens (tertiary/aromatic N) is 4. The molecule has 8 heteroatoms. The first kappa shape index (κ1) is 24.2. The molecule has 2 aromatic heterocycles. The summed E-state index contributed by atoms with van der Waals surface area (Å²) in [6.07, 6.45) is 10.0. The van der Waals surface area contributed by atoms with Gasteiger partial charge in [-0.15, -0.1) is 21.5 Å². The van der Waals surface area contributed by atoms with Gasteiger partial charge < -0.3 is 5.11 Å². The summed E-state index contributed by atoms with van der Waals surface area (Å²) in [5, 5.41) is 20.1. The third kappa shape index (κ3) is 4.94. The molecule has 1 N–H and O–H groups in total. The Balaban J connectivity index is 1.69. The van der Waals surface area contributed by atoms with Crippen molar-refractivity contribution in [3.63, 3.8) is 0 Å². The smallest absolute Gasteiger partial charge is 0.306 e. The second-order valence-corrected chi connectivity index (χ2v) is 11.4. The van der Waals surface area contributed by atoms with Crippen LogP contribution in [0.4, 0.5) is 0 Å². The van der Waals surface area contributed by atoms with Crippen molar-refractivity contribution in [1.82, 2.24) is 14.8 Å². The minimum absolute atomic E-state index is 0.138. The summed E-state index contributed by atoms with van der Waals surface area (Å²) < 4.78 is 2.04. The lowest BCUT2D eigenvalue weighted by Gasteiger charge is -2.21. The highest BCUT2D eigenvalue weighted by atomic mass is 35.5. The topological polar surface area (TPSA) is 80.4 Å². The number of aliphatic carboxylic acids is 1. The fourth-order valence-electron chi connectivity index (χ4n) is 5.50. The van der Waals surface area contributed by atoms with E-state index < -0.39 is 12.0 Å². The zero-order chi connectivity index (χ0) is 24.5. The van der Waals surface area contributed by atoms with Gasteiger partial charge >= 0.3 is 5.97 Å². The van der Waals surface area contributed by atoms with Crippen LogP contribution in [0.5, 0.6) is 0 Å². The van der Waals surface area contributed by atoms with E-state index in [4.69, 9.17) is 16.6 Å². The van der Waals surface area contributed by atoms with E-state index in [-0.39, 0.29) is 6.42 Å². The third-order valence-electron chi connectivity index (χ3n) is 7.27. The first-order valence-electron chi connectivity index (χ1n) is 12.5. The predicted octanol–water partition coefficient (Wildman–Crippen LogP) is 6.87. The van der Waals surface area contributed by atoms with Crippen molar-refractivity contribution >= 4 is 34.6 Å². The summed E-state index contributed by atoms with van der Waals surface area (Å²) >= 11 is 7.95. The van der Waals surface area contributed by atoms with Gasteiger partial charge in [0.05, 0.1) is 12.1 Å². The molecule has 0 spiro atoms. The van der Waals surface area contributed by atoms with Crippen LogP contribution < -0.4 is 0 Å². The number of aromatic nitrogens is 3. The second-order valence-electron chi connectivity index (χ2n) is 9.77. The average molecular weight is 511 g/mol. The Morgan fingerprint density at radius 1 is 1.09 bits per heavy atom. The second kappa shape index (κ2) is 10.2. The van der Waals surface area contributed by atoms with E-state index in [1.54, 1.807) is 11.3 Å². The maximum absolute atomic E-state index is 11.8. The summed E-state index contributed by atoms with van der Waals surface area (Å²) in [6, 6.07) is 7.08. The molecule has 0 saturated heterocycles. The first-order valence-corrected chi connectivity index (χ1v) is 13.7. The Bertz CT molecular complexity index is 1250. The van der Waals surface area contributed by atoms with Crippen LogP contribution in [0.25, 0.3) is 5.00 Å². The quantitative estimate of drug-likeness (QED) is 0.406. The molecule has 0 amide bonds. The SMILES string of the molecule is Cc1sc2c(c1CC1CCCCCCC1)C(c1ccc(Cl)cc1)=N[C@@H](CC(=O)O)c1nnc(C)n1-2. The van der Waals surface area contributed by atoms with Crippen LogP contribution in [0.3, 0.4) is 0 Å². The number of rotatable bonds is 5. The van der Waals surface area contributed by atoms with E-state index >= 15 is 0 Å². The van der Waals surface area contributed by atoms with Gasteiger partial charge in [-0.3, -0.25) is 14.4 Å². The number of fused-ring (bicyclic) bond motifs is 3. The van der Waals surface area contributed by atoms with E-state index in [1.807, 2.05) is 35.8 Å². The van der Waals surface area contributed by atoms with Gasteiger partial charge in [0.2, 0.25) is 0 Å². The van der Waals surface area contributed by atoms with Crippen LogP contribution in [-0.2, 0) is 11.2 Å². The number of hydrogen-bond acceptors (Lipinski definition) is 5. The van der Waals surface area contributed by atoms with Gasteiger partial charge in [0.15, 0.2) is 5.82 Å². The molecular weight excluding hydrogens is 480 g/mol. The van der Waals surface area contributed by atoms with Crippen molar-refractivity contribution in [3.8, 4) is 5.00 Å². The summed E-state index contributed by atoms with van der Waals surface area (Å²) in [6.45, 7) is 4.13. The van der Waals surface area contributed by atoms with Gasteiger partial charge in [-0.1, -0.05) is 68.7 Å². The standard InChI is InChI=1S/C27H31ClN4O2S/c1-16-21(14-18-8-6-4-3-5-7-9-18)24-25(19-10-12-20(28)13-11-19)29-22(15-23(33)34)26-31-30-17(2)32(26)27(24)35-16/h10-13,18,22H,3-9,14-15H2,1-2H3,(H,33,34)/t22-/m0/s1. The number of aryl methyl sites for hydroxylation is 2. The molecule has 1 saturated carbocycles. The van der Waals surface area contributed by atoms with Gasteiger partial charge in [-0.25, -0.2) is 0 Å². The van der Waals surface area contributed by atoms with Crippen molar-refractivity contribution in [2.45, 2.75) is 77.7 Å². The molecule has 6 nitrogen and oxygen atoms in total. The Morgan fingerprint density at radius 3 is 2.46 bits per heavy atom. The fourth-order valence-corrected chi connectivity index (χ4v) is 6.86. The molecule has 1 aliphatic heterocycles. The molecule has 2 aliphatic rings. The lowest BCUT2D eigenvalue weighted by Crippen LogP contribution is -2.13. The van der Waals surface area contributed by atoms with E-state index in [2.05, 4.69) is 17.1 Å². The third-order valence-corrected chi connectivity index (χ3v) is 8.65. The summed E-state index contributed by atoms with van der Waals surface area (Å²) in [5.74, 6) is 1.09. The molecule has 0 unspecified atom stereocenters. The van der Waals surface area contributed by atoms with Crippen LogP contribution in [0.15, 0.2) is 29.3 Å². The van der Waals surface area contributed by atoms with Gasteiger partial charge in [0.1, 0.15) is 16.9 Å². The molecule has 0 bridgehead atoms. The average Bonchev–Trinajstić information content (AvgIpc) is 3.29. The Hall–Kier alpha value is -2.51. The van der Waals surface area contributed by atoms with E-state index in [1.165, 1.54) is 55.4 Å². The van der Waals surface area contributed by atoms with Crippen molar-refractivity contribution in [3.05, 3.63) is 62.5 Å². The molecule has 184 valence electrons. The maximum Gasteiger partial charge on any atom is 0.306 e. The Labute approximate surface area is 215 Å². The van der Waals surface area contributed by atoms with Crippen LogP contribution >= 0.6 is 22.9 Å². The molecule has 1 fully saturated rings. The maximum atomic E-state index is 11.8. The van der Waals surface area contributed by atoms with Crippen LogP contribution in [0.2, 0.25) is 5.02 Å². The molecule has 1 aromatic carbocycles. The predicted molar refractivity (Wildman–Crippen MR) is 140 cm³/mol. The summed E-state index contributed by atoms with van der Waals surface area (Å²) in [7, 11) is 0. The minimum atomic E-state index is -0.905. The molecule has 1 atom stereocenters. The lowest BCUT2D eigenvalue weighted by atomic mass is 9.84. The van der Waals surface area contributed by atoms with Crippen molar-refractivity contribution in [2.75, 3.05) is 0 Å². The molecule has 5 rings (SSSR count). The van der Waals surface area contributed by atoms with E-state index in [0.29, 0.717) is 16.8 Å². The monoisotopic (exact) mass is 510 g/mol. The van der Waals surface area contributed by atoms with Gasteiger partial charge in [0.25, 0.3) is 0 Å². The molecule has 3 aromatic rings. The van der Waals surface area contributed by atoms with Crippen molar-refractivity contribution < 1.29 is 9.90 Å². The molecular formula is C27H31ClN4O2S. The highest BCUT2D eigenvalue weighted by molar-refractivity contribution is 7.15. The van der Waals surface area contributed by atoms with Crippen LogP contribution in [-0.4, -0.2) is 31.6 Å². The van der Waals surface area contributed by atoms with Gasteiger partial charge in [0, 0.05) is 21.0 Å². The first-order chi connectivity index (χ1) is 16.9. The normalized spacial score (nSPS) is 18.7. The molecule has 1 aliphatic carbocycles. The van der Waals surface area contributed by atoms with Crippen molar-refractivity contribution in [1.29, 1.82) is 0 Å². The zero-order valence-electron chi connectivity index (χ0n) is 20.3.